The van der Waals surface area contributed by atoms with Crippen LogP contribution in [0.5, 0.6) is 0 Å². The maximum absolute atomic E-state index is 9.15. The SMILES string of the molecule is OCc1ccc(C[n+]2ccn(C/C=C/Cn3cc[n+](Cc4ccc(CO)cc4)c3)c2)cc1. The van der Waals surface area contributed by atoms with Crippen LogP contribution in [-0.4, -0.2) is 19.3 Å². The molecule has 0 saturated heterocycles. The molecular weight excluding hydrogens is 400 g/mol. The van der Waals surface area contributed by atoms with Crippen LogP contribution < -0.4 is 9.13 Å². The third-order valence-corrected chi connectivity index (χ3v) is 5.43. The second-order valence-electron chi connectivity index (χ2n) is 7.99. The minimum absolute atomic E-state index is 0.0817. The van der Waals surface area contributed by atoms with Crippen LogP contribution in [0.4, 0.5) is 0 Å². The van der Waals surface area contributed by atoms with E-state index in [0.29, 0.717) is 0 Å². The fraction of sp³-hybridized carbons (Fsp3) is 0.231. The van der Waals surface area contributed by atoms with E-state index < -0.39 is 0 Å². The maximum atomic E-state index is 9.15. The zero-order chi connectivity index (χ0) is 22.2. The molecule has 0 amide bonds. The molecule has 0 aliphatic carbocycles. The maximum Gasteiger partial charge on any atom is 0.244 e. The molecule has 6 heteroatoms. The summed E-state index contributed by atoms with van der Waals surface area (Å²) < 4.78 is 8.63. The predicted molar refractivity (Wildman–Crippen MR) is 121 cm³/mol. The molecule has 0 spiro atoms. The van der Waals surface area contributed by atoms with Gasteiger partial charge in [0.05, 0.1) is 13.2 Å². The molecule has 0 saturated carbocycles. The lowest BCUT2D eigenvalue weighted by atomic mass is 10.1. The molecule has 164 valence electrons. The first-order valence-corrected chi connectivity index (χ1v) is 10.8. The van der Waals surface area contributed by atoms with Gasteiger partial charge >= 0.3 is 0 Å². The predicted octanol–water partition coefficient (Wildman–Crippen LogP) is 2.20. The summed E-state index contributed by atoms with van der Waals surface area (Å²) in [6.45, 7) is 3.45. The Kier molecular flexibility index (Phi) is 7.27. The lowest BCUT2D eigenvalue weighted by Crippen LogP contribution is -2.31. The van der Waals surface area contributed by atoms with Gasteiger partial charge in [0.15, 0.2) is 0 Å². The fourth-order valence-electron chi connectivity index (χ4n) is 3.59. The molecule has 4 aromatic rings. The fourth-order valence-corrected chi connectivity index (χ4v) is 3.59. The average Bonchev–Trinajstić information content (AvgIpc) is 3.47. The van der Waals surface area contributed by atoms with Crippen molar-refractivity contribution in [3.8, 4) is 0 Å². The highest BCUT2D eigenvalue weighted by atomic mass is 16.3. The molecule has 2 aromatic carbocycles. The number of hydrogen-bond donors (Lipinski definition) is 2. The van der Waals surface area contributed by atoms with Crippen LogP contribution in [0.25, 0.3) is 0 Å². The summed E-state index contributed by atoms with van der Waals surface area (Å²) in [4.78, 5) is 0. The minimum Gasteiger partial charge on any atom is -0.392 e. The molecule has 0 fully saturated rings. The highest BCUT2D eigenvalue weighted by Crippen LogP contribution is 2.05. The highest BCUT2D eigenvalue weighted by molar-refractivity contribution is 5.22. The zero-order valence-corrected chi connectivity index (χ0v) is 18.2. The van der Waals surface area contributed by atoms with Crippen molar-refractivity contribution in [3.63, 3.8) is 0 Å². The van der Waals surface area contributed by atoms with Crippen molar-refractivity contribution < 1.29 is 19.3 Å². The molecule has 2 aromatic heterocycles. The summed E-state index contributed by atoms with van der Waals surface area (Å²) in [7, 11) is 0. The summed E-state index contributed by atoms with van der Waals surface area (Å²) in [6, 6.07) is 16.1. The van der Waals surface area contributed by atoms with Gasteiger partial charge in [0, 0.05) is 0 Å². The number of imidazole rings is 2. The van der Waals surface area contributed by atoms with Crippen LogP contribution in [0.2, 0.25) is 0 Å². The number of aliphatic hydroxyl groups is 2. The molecule has 0 atom stereocenters. The van der Waals surface area contributed by atoms with Gasteiger partial charge < -0.3 is 10.2 Å². The van der Waals surface area contributed by atoms with E-state index in [1.165, 1.54) is 11.1 Å². The van der Waals surface area contributed by atoms with Gasteiger partial charge in [0.2, 0.25) is 12.7 Å². The molecular formula is C26H30N4O2+2. The summed E-state index contributed by atoms with van der Waals surface area (Å²) in [5.41, 5.74) is 4.30. The molecule has 2 N–H and O–H groups in total. The number of allylic oxidation sites excluding steroid dienone is 2. The molecule has 0 unspecified atom stereocenters. The Morgan fingerprint density at radius 3 is 1.34 bits per heavy atom. The van der Waals surface area contributed by atoms with Crippen molar-refractivity contribution in [2.75, 3.05) is 0 Å². The van der Waals surface area contributed by atoms with Gasteiger partial charge in [-0.15, -0.1) is 0 Å². The van der Waals surface area contributed by atoms with Crippen molar-refractivity contribution in [2.45, 2.75) is 39.4 Å². The van der Waals surface area contributed by atoms with E-state index in [1.807, 2.05) is 24.3 Å². The van der Waals surface area contributed by atoms with Crippen LogP contribution in [0.1, 0.15) is 22.3 Å². The Morgan fingerprint density at radius 1 is 0.594 bits per heavy atom. The van der Waals surface area contributed by atoms with E-state index >= 15 is 0 Å². The smallest absolute Gasteiger partial charge is 0.244 e. The Balaban J connectivity index is 1.24. The molecule has 2 heterocycles. The summed E-state index contributed by atoms with van der Waals surface area (Å²) >= 11 is 0. The standard InChI is InChI=1S/C26H30N4O2/c31-19-25-7-3-23(4-8-25)17-29-15-13-27(21-29)11-1-2-12-28-14-16-30(22-28)18-24-5-9-26(20-32)10-6-24/h1-10,13-16,21-22,31-32H,11-12,17-20H2/q+2/b2-1+. The second kappa shape index (κ2) is 10.7. The Bertz CT molecular complexity index is 1050. The van der Waals surface area contributed by atoms with Gasteiger partial charge in [0.25, 0.3) is 0 Å². The first-order valence-electron chi connectivity index (χ1n) is 10.8. The van der Waals surface area contributed by atoms with E-state index in [2.05, 4.69) is 92.1 Å². The van der Waals surface area contributed by atoms with Crippen LogP contribution in [0.15, 0.2) is 98.1 Å². The van der Waals surface area contributed by atoms with Crippen LogP contribution in [0.3, 0.4) is 0 Å². The van der Waals surface area contributed by atoms with E-state index in [4.69, 9.17) is 10.2 Å². The quantitative estimate of drug-likeness (QED) is 0.299. The van der Waals surface area contributed by atoms with Gasteiger partial charge in [0.1, 0.15) is 51.0 Å². The molecule has 0 bridgehead atoms. The molecule has 4 rings (SSSR count). The molecule has 6 nitrogen and oxygen atoms in total. The van der Waals surface area contributed by atoms with Crippen LogP contribution in [0, 0.1) is 0 Å². The number of nitrogens with zero attached hydrogens (tertiary/aromatic N) is 4. The molecule has 0 aliphatic rings. The second-order valence-corrected chi connectivity index (χ2v) is 7.99. The molecule has 0 radical (unpaired) electrons. The van der Waals surface area contributed by atoms with Gasteiger partial charge in [-0.2, -0.15) is 0 Å². The van der Waals surface area contributed by atoms with Crippen molar-refractivity contribution in [3.05, 3.63) is 120 Å². The van der Waals surface area contributed by atoms with Gasteiger partial charge in [-0.1, -0.05) is 48.5 Å². The lowest BCUT2D eigenvalue weighted by Gasteiger charge is -2.00. The first kappa shape index (κ1) is 21.7. The van der Waals surface area contributed by atoms with Crippen LogP contribution in [-0.2, 0) is 39.4 Å². The van der Waals surface area contributed by atoms with Crippen LogP contribution >= 0.6 is 0 Å². The average molecular weight is 431 g/mol. The highest BCUT2D eigenvalue weighted by Gasteiger charge is 2.05. The number of hydrogen-bond acceptors (Lipinski definition) is 2. The third kappa shape index (κ3) is 6.03. The first-order chi connectivity index (χ1) is 15.7. The molecule has 0 aliphatic heterocycles. The Morgan fingerprint density at radius 2 is 0.969 bits per heavy atom. The van der Waals surface area contributed by atoms with E-state index in [0.717, 1.165) is 37.3 Å². The third-order valence-electron chi connectivity index (χ3n) is 5.43. The number of aliphatic hydroxyl groups excluding tert-OH is 2. The topological polar surface area (TPSA) is 58.1 Å². The Labute approximate surface area is 188 Å². The summed E-state index contributed by atoms with van der Waals surface area (Å²) in [5, 5.41) is 18.3. The normalized spacial score (nSPS) is 11.4. The zero-order valence-electron chi connectivity index (χ0n) is 18.2. The van der Waals surface area contributed by atoms with Crippen molar-refractivity contribution in [1.29, 1.82) is 0 Å². The monoisotopic (exact) mass is 430 g/mol. The summed E-state index contributed by atoms with van der Waals surface area (Å²) in [6.07, 6.45) is 16.9. The largest absolute Gasteiger partial charge is 0.392 e. The van der Waals surface area contributed by atoms with E-state index in [-0.39, 0.29) is 13.2 Å². The lowest BCUT2D eigenvalue weighted by molar-refractivity contribution is -0.688. The van der Waals surface area contributed by atoms with Crippen molar-refractivity contribution in [1.82, 2.24) is 9.13 Å². The van der Waals surface area contributed by atoms with Gasteiger partial charge in [-0.3, -0.25) is 0 Å². The van der Waals surface area contributed by atoms with E-state index in [1.54, 1.807) is 0 Å². The van der Waals surface area contributed by atoms with Gasteiger partial charge in [-0.05, 0) is 34.4 Å². The Hall–Kier alpha value is -3.48. The molecule has 32 heavy (non-hydrogen) atoms. The van der Waals surface area contributed by atoms with E-state index in [9.17, 15) is 0 Å². The number of aromatic nitrogens is 4. The number of rotatable bonds is 10. The van der Waals surface area contributed by atoms with Crippen molar-refractivity contribution >= 4 is 0 Å². The van der Waals surface area contributed by atoms with Gasteiger partial charge in [-0.25, -0.2) is 18.3 Å². The summed E-state index contributed by atoms with van der Waals surface area (Å²) in [5.74, 6) is 0. The minimum atomic E-state index is 0.0817. The van der Waals surface area contributed by atoms with Crippen molar-refractivity contribution in [2.24, 2.45) is 0 Å². The number of benzene rings is 2.